The first kappa shape index (κ1) is 78.1. The van der Waals surface area contributed by atoms with Crippen LogP contribution in [0.1, 0.15) is 13.8 Å². The summed E-state index contributed by atoms with van der Waals surface area (Å²) in [5, 5.41) is 265. The third-order valence-electron chi connectivity index (χ3n) is 17.4. The van der Waals surface area contributed by atoms with E-state index < -0.39 is 310 Å². The molecule has 0 aliphatic carbocycles. The van der Waals surface area contributed by atoms with Gasteiger partial charge in [0.2, 0.25) is 11.8 Å². The summed E-state index contributed by atoms with van der Waals surface area (Å²) < 4.78 is 86.5. The molecule has 0 unspecified atom stereocenters. The molecule has 8 rings (SSSR count). The quantitative estimate of drug-likeness (QED) is 0.0427. The van der Waals surface area contributed by atoms with Crippen LogP contribution in [-0.4, -0.2) is 433 Å². The molecule has 43 heteroatoms. The van der Waals surface area contributed by atoms with E-state index in [1.54, 1.807) is 0 Å². The van der Waals surface area contributed by atoms with Crippen molar-refractivity contribution in [2.45, 2.75) is 259 Å². The number of aliphatic hydroxyl groups excluding tert-OH is 24. The van der Waals surface area contributed by atoms with Crippen LogP contribution in [0.15, 0.2) is 0 Å². The molecule has 2 amide bonds. The van der Waals surface area contributed by atoms with Crippen molar-refractivity contribution < 1.29 is 203 Å². The molecule has 0 aromatic carbocycles. The first-order valence-corrected chi connectivity index (χ1v) is 30.1. The lowest BCUT2D eigenvalue weighted by atomic mass is 9.94. The third kappa shape index (κ3) is 17.0. The molecule has 8 aliphatic heterocycles. The van der Waals surface area contributed by atoms with Gasteiger partial charge in [-0.2, -0.15) is 0 Å². The maximum absolute atomic E-state index is 13.1. The van der Waals surface area contributed by atoms with E-state index in [1.165, 1.54) is 0 Å². The highest BCUT2D eigenvalue weighted by Crippen LogP contribution is 2.38. The topological polar surface area (TPSA) is 682 Å². The van der Waals surface area contributed by atoms with Crippen LogP contribution in [0.4, 0.5) is 0 Å². The number of carbonyl (C=O) groups excluding carboxylic acids is 2. The fourth-order valence-electron chi connectivity index (χ4n) is 12.1. The molecule has 0 radical (unpaired) electrons. The highest BCUT2D eigenvalue weighted by molar-refractivity contribution is 5.73. The highest BCUT2D eigenvalue weighted by Gasteiger charge is 2.59. The second-order valence-corrected chi connectivity index (χ2v) is 23.9. The fourth-order valence-corrected chi connectivity index (χ4v) is 12.1. The summed E-state index contributed by atoms with van der Waals surface area (Å²) in [4.78, 5) is 25.2. The predicted molar refractivity (Wildman–Crippen MR) is 288 cm³/mol. The van der Waals surface area contributed by atoms with Crippen molar-refractivity contribution in [2.24, 2.45) is 0 Å². The molecule has 552 valence electrons. The van der Waals surface area contributed by atoms with E-state index in [2.05, 4.69) is 10.6 Å². The maximum atomic E-state index is 13.1. The van der Waals surface area contributed by atoms with Gasteiger partial charge in [-0.1, -0.05) is 0 Å². The minimum absolute atomic E-state index is 0.812. The summed E-state index contributed by atoms with van der Waals surface area (Å²) in [6.07, 6.45) is -77.0. The van der Waals surface area contributed by atoms with E-state index in [4.69, 9.17) is 71.1 Å². The molecule has 43 nitrogen and oxygen atoms in total. The number of aliphatic hydroxyl groups is 24. The first-order valence-electron chi connectivity index (χ1n) is 30.1. The van der Waals surface area contributed by atoms with Crippen molar-refractivity contribution in [1.82, 2.24) is 10.6 Å². The van der Waals surface area contributed by atoms with E-state index in [-0.39, 0.29) is 0 Å². The number of nitrogens with one attached hydrogen (secondary N) is 2. The number of rotatable bonds is 24. The Kier molecular flexibility index (Phi) is 27.9. The van der Waals surface area contributed by atoms with Crippen molar-refractivity contribution in [3.63, 3.8) is 0 Å². The molecule has 0 aromatic heterocycles. The fraction of sp³-hybridized carbons (Fsp3) is 0.962. The predicted octanol–water partition coefficient (Wildman–Crippen LogP) is -18.2. The Labute approximate surface area is 536 Å². The monoisotopic (exact) mass is 1400 g/mol. The molecule has 0 spiro atoms. The van der Waals surface area contributed by atoms with Crippen LogP contribution in [0.2, 0.25) is 0 Å². The SMILES string of the molecule is CC(=O)N[C@@H]1[C@@H](O)[C@H](O[C@@H]2O[C@H](CO[C@H]3O[C@H](CO)[C@@H](O)[C@H](O)[C@@H]3O[C@H]3O[C@H](CO)[C@@H](O)[C@H](O)[C@@H]3O)[C@@H](O)[C@H](O[C@H]3O[C@H](CO)[C@@H](O[C@@H]4O[C@H](CO[C@H]5O[C@H](CO)[C@@H](O)[C@H](O)[C@@H]5O)[C@@H](O)[C@H](O[C@H]5O[C@H](CO)[C@@H](O)[C@H](O)[C@@H]5O)[C@@H]4O)[C@H](O)[C@H]3NC(C)=O)[C@@H]2O)[C@@H](CO)O[C@H]1O. The molecular weight excluding hydrogens is 1310 g/mol. The lowest BCUT2D eigenvalue weighted by Crippen LogP contribution is -2.70. The maximum Gasteiger partial charge on any atom is 0.217 e. The Morgan fingerprint density at radius 1 is 0.274 bits per heavy atom. The third-order valence-corrected chi connectivity index (χ3v) is 17.4. The van der Waals surface area contributed by atoms with Crippen molar-refractivity contribution in [3.8, 4) is 0 Å². The van der Waals surface area contributed by atoms with Crippen molar-refractivity contribution >= 4 is 11.8 Å². The number of hydrogen-bond donors (Lipinski definition) is 26. The van der Waals surface area contributed by atoms with Gasteiger partial charge in [-0.25, -0.2) is 0 Å². The van der Waals surface area contributed by atoms with Crippen molar-refractivity contribution in [1.29, 1.82) is 0 Å². The Balaban J connectivity index is 1.08. The number of amides is 2. The zero-order valence-corrected chi connectivity index (χ0v) is 50.4. The number of carbonyl (C=O) groups is 2. The molecule has 95 heavy (non-hydrogen) atoms. The zero-order chi connectivity index (χ0) is 69.9. The van der Waals surface area contributed by atoms with E-state index in [1.807, 2.05) is 0 Å². The Morgan fingerprint density at radius 3 is 0.989 bits per heavy atom. The van der Waals surface area contributed by atoms with Crippen LogP contribution in [-0.2, 0) is 80.6 Å². The Morgan fingerprint density at radius 2 is 0.568 bits per heavy atom. The summed E-state index contributed by atoms with van der Waals surface area (Å²) in [5.41, 5.74) is 0. The van der Waals surface area contributed by atoms with Crippen LogP contribution in [0.5, 0.6) is 0 Å². The van der Waals surface area contributed by atoms with Crippen LogP contribution >= 0.6 is 0 Å². The van der Waals surface area contributed by atoms with Gasteiger partial charge in [0.25, 0.3) is 0 Å². The summed E-state index contributed by atoms with van der Waals surface area (Å²) in [6, 6.07) is -3.72. The molecule has 40 atom stereocenters. The number of ether oxygens (including phenoxy) is 15. The first-order chi connectivity index (χ1) is 44.9. The Hall–Kier alpha value is -2.62. The van der Waals surface area contributed by atoms with Crippen molar-refractivity contribution in [3.05, 3.63) is 0 Å². The van der Waals surface area contributed by atoms with Gasteiger partial charge < -0.3 is 204 Å². The van der Waals surface area contributed by atoms with Gasteiger partial charge in [-0.05, 0) is 0 Å². The largest absolute Gasteiger partial charge is 0.394 e. The summed E-state index contributed by atoms with van der Waals surface area (Å²) in [5.74, 6) is -1.80. The molecule has 8 aliphatic rings. The molecule has 26 N–H and O–H groups in total. The average Bonchev–Trinajstić information content (AvgIpc) is 0.777. The molecular formula is C52H88N2O41. The minimum Gasteiger partial charge on any atom is -0.394 e. The Bertz CT molecular complexity index is 2380. The van der Waals surface area contributed by atoms with Gasteiger partial charge in [0.1, 0.15) is 195 Å². The van der Waals surface area contributed by atoms with E-state index in [0.29, 0.717) is 0 Å². The summed E-state index contributed by atoms with van der Waals surface area (Å²) in [6.45, 7) is -6.20. The lowest BCUT2D eigenvalue weighted by Gasteiger charge is -2.51. The van der Waals surface area contributed by atoms with Crippen LogP contribution in [0.3, 0.4) is 0 Å². The zero-order valence-electron chi connectivity index (χ0n) is 50.4. The van der Waals surface area contributed by atoms with E-state index in [0.717, 1.165) is 13.8 Å². The lowest BCUT2D eigenvalue weighted by molar-refractivity contribution is -0.391. The van der Waals surface area contributed by atoms with Gasteiger partial charge in [0.05, 0.1) is 52.9 Å². The van der Waals surface area contributed by atoms with E-state index >= 15 is 0 Å². The summed E-state index contributed by atoms with van der Waals surface area (Å²) in [7, 11) is 0. The summed E-state index contributed by atoms with van der Waals surface area (Å²) >= 11 is 0. The molecule has 0 saturated carbocycles. The molecule has 8 fully saturated rings. The average molecular weight is 1400 g/mol. The standard InChI is InChI=1S/C52H88N2O41/c1-11(61)53-21-29(69)40(17(7-59)83-45(21)80)91-50-38(78)42(27(67)20(90-50)10-82-52-44(34(74)26(66)16(6-58)87-52)95-49-37(77)33(73)25(65)15(5-57)86-49)93-46-22(54-12(2)62)30(70)41(18(8-60)88-46)92-51-39(79)43(94-48-36(76)32(72)24(64)14(4-56)85-48)28(68)19(89-51)9-81-47-35(75)31(71)23(63)13(3-55)84-47/h13-52,55-60,63-80H,3-10H2,1-2H3,(H,53,61)(H,54,62)/t13-,14-,15-,16-,17-,18-,19-,20-,21-,22-,23-,24-,25-,26-,27-,28-,29-,30-,31+,32+,33+,34+,35+,36+,37+,38+,39+,40-,41-,42+,43+,44+,45-,46-,47+,48-,49-,50+,51+,52+/m1/s1. The minimum atomic E-state index is -2.40. The van der Waals surface area contributed by atoms with Gasteiger partial charge >= 0.3 is 0 Å². The van der Waals surface area contributed by atoms with Gasteiger partial charge in [0, 0.05) is 13.8 Å². The van der Waals surface area contributed by atoms with Gasteiger partial charge in [-0.3, -0.25) is 9.59 Å². The second kappa shape index (κ2) is 33.9. The molecule has 8 saturated heterocycles. The van der Waals surface area contributed by atoms with Crippen LogP contribution < -0.4 is 10.6 Å². The molecule has 8 heterocycles. The molecule has 0 aromatic rings. The van der Waals surface area contributed by atoms with Gasteiger partial charge in [-0.15, -0.1) is 0 Å². The molecule has 0 bridgehead atoms. The highest BCUT2D eigenvalue weighted by atomic mass is 16.8. The van der Waals surface area contributed by atoms with Crippen LogP contribution in [0, 0.1) is 0 Å². The van der Waals surface area contributed by atoms with Crippen molar-refractivity contribution in [2.75, 3.05) is 52.9 Å². The van der Waals surface area contributed by atoms with Crippen LogP contribution in [0.25, 0.3) is 0 Å². The second-order valence-electron chi connectivity index (χ2n) is 23.9. The smallest absolute Gasteiger partial charge is 0.217 e. The van der Waals surface area contributed by atoms with Gasteiger partial charge in [0.15, 0.2) is 50.3 Å². The normalized spacial score (nSPS) is 50.8. The number of hydrogen-bond acceptors (Lipinski definition) is 41. The van der Waals surface area contributed by atoms with E-state index in [9.17, 15) is 132 Å².